The van der Waals surface area contributed by atoms with E-state index < -0.39 is 0 Å². The van der Waals surface area contributed by atoms with E-state index in [0.29, 0.717) is 0 Å². The zero-order valence-electron chi connectivity index (χ0n) is 29.6. The topological polar surface area (TPSA) is 3.24 Å². The Balaban J connectivity index is 1.09. The Bertz CT molecular complexity index is 2430. The van der Waals surface area contributed by atoms with E-state index in [1.165, 1.54) is 99.7 Å². The molecule has 12 rings (SSSR count). The Morgan fingerprint density at radius 2 is 1.02 bits per heavy atom. The van der Waals surface area contributed by atoms with Gasteiger partial charge in [0.05, 0.1) is 11.4 Å². The lowest BCUT2D eigenvalue weighted by molar-refractivity contribution is 0.0618. The minimum absolute atomic E-state index is 0.119. The summed E-state index contributed by atoms with van der Waals surface area (Å²) >= 11 is 0. The maximum absolute atomic E-state index is 2.57. The van der Waals surface area contributed by atoms with Gasteiger partial charge in [-0.1, -0.05) is 146 Å². The SMILES string of the molecule is c1ccc(-c2ccc(-c3ccc(N(c4cccc5c4-c4ccccc4C54C5CCC6CC(C5)CC4C6)c4cccc5ccccc45)cc3)cc2)cc1. The van der Waals surface area contributed by atoms with Crippen molar-refractivity contribution in [3.05, 3.63) is 175 Å². The van der Waals surface area contributed by atoms with Crippen LogP contribution in [0.4, 0.5) is 17.1 Å². The minimum Gasteiger partial charge on any atom is -0.309 e. The highest BCUT2D eigenvalue weighted by molar-refractivity contribution is 6.03. The summed E-state index contributed by atoms with van der Waals surface area (Å²) in [5, 5.41) is 2.54. The van der Waals surface area contributed by atoms with E-state index >= 15 is 0 Å². The summed E-state index contributed by atoms with van der Waals surface area (Å²) in [5.41, 5.74) is 14.9. The summed E-state index contributed by atoms with van der Waals surface area (Å²) < 4.78 is 0. The number of benzene rings is 7. The Labute approximate surface area is 307 Å². The molecule has 0 aliphatic heterocycles. The van der Waals surface area contributed by atoms with Gasteiger partial charge in [0.25, 0.3) is 0 Å². The van der Waals surface area contributed by atoms with Gasteiger partial charge < -0.3 is 4.90 Å². The van der Waals surface area contributed by atoms with E-state index in [-0.39, 0.29) is 5.41 Å². The zero-order chi connectivity index (χ0) is 34.2. The van der Waals surface area contributed by atoms with Gasteiger partial charge in [-0.25, -0.2) is 0 Å². The average molecular weight is 670 g/mol. The molecule has 0 amide bonds. The Morgan fingerprint density at radius 3 is 1.85 bits per heavy atom. The summed E-state index contributed by atoms with van der Waals surface area (Å²) in [4.78, 5) is 2.57. The normalized spacial score (nSPS) is 23.8. The van der Waals surface area contributed by atoms with Crippen LogP contribution in [0.3, 0.4) is 0 Å². The van der Waals surface area contributed by atoms with E-state index in [9.17, 15) is 0 Å². The molecular weight excluding hydrogens is 627 g/mol. The van der Waals surface area contributed by atoms with Gasteiger partial charge in [-0.15, -0.1) is 0 Å². The van der Waals surface area contributed by atoms with Crippen LogP contribution in [0.15, 0.2) is 164 Å². The van der Waals surface area contributed by atoms with Crippen molar-refractivity contribution < 1.29 is 0 Å². The van der Waals surface area contributed by atoms with Gasteiger partial charge in [-0.05, 0) is 124 Å². The first kappa shape index (κ1) is 30.2. The third-order valence-electron chi connectivity index (χ3n) is 13.6. The molecule has 1 spiro atoms. The first-order valence-corrected chi connectivity index (χ1v) is 19.5. The molecule has 7 aromatic carbocycles. The lowest BCUT2D eigenvalue weighted by Gasteiger charge is -2.53. The van der Waals surface area contributed by atoms with Crippen LogP contribution in [0.25, 0.3) is 44.2 Å². The summed E-state index contributed by atoms with van der Waals surface area (Å²) in [6.45, 7) is 0. The van der Waals surface area contributed by atoms with Crippen LogP contribution in [-0.2, 0) is 5.41 Å². The molecule has 7 aromatic rings. The third kappa shape index (κ3) is 4.48. The highest BCUT2D eigenvalue weighted by Gasteiger charge is 2.60. The van der Waals surface area contributed by atoms with Crippen LogP contribution < -0.4 is 4.90 Å². The molecule has 4 fully saturated rings. The first-order chi connectivity index (χ1) is 25.8. The Hall–Kier alpha value is -5.40. The van der Waals surface area contributed by atoms with E-state index in [0.717, 1.165) is 23.7 Å². The fraction of sp³-hybridized carbons (Fsp3) is 0.216. The van der Waals surface area contributed by atoms with Crippen molar-refractivity contribution >= 4 is 27.8 Å². The van der Waals surface area contributed by atoms with Crippen molar-refractivity contribution in [3.63, 3.8) is 0 Å². The van der Waals surface area contributed by atoms with E-state index in [1.807, 2.05) is 0 Å². The molecule has 0 N–H and O–H groups in total. The molecular formula is C51H43N. The smallest absolute Gasteiger partial charge is 0.0543 e. The molecule has 0 saturated heterocycles. The van der Waals surface area contributed by atoms with Gasteiger partial charge in [0, 0.05) is 22.1 Å². The molecule has 252 valence electrons. The van der Waals surface area contributed by atoms with Crippen molar-refractivity contribution in [2.24, 2.45) is 23.7 Å². The Kier molecular flexibility index (Phi) is 6.88. The third-order valence-corrected chi connectivity index (χ3v) is 13.6. The molecule has 4 bridgehead atoms. The molecule has 0 radical (unpaired) electrons. The predicted molar refractivity (Wildman–Crippen MR) is 217 cm³/mol. The second kappa shape index (κ2) is 11.8. The number of nitrogens with zero attached hydrogens (tertiary/aromatic N) is 1. The molecule has 5 aliphatic rings. The largest absolute Gasteiger partial charge is 0.309 e. The highest BCUT2D eigenvalue weighted by Crippen LogP contribution is 2.68. The van der Waals surface area contributed by atoms with Crippen LogP contribution in [0.2, 0.25) is 0 Å². The van der Waals surface area contributed by atoms with Gasteiger partial charge in [-0.2, -0.15) is 0 Å². The standard InChI is InChI=1S/C51H43N/c1-2-10-36(11-3-1)37-21-23-38(24-22-37)39-25-28-43(29-26-39)52(48-18-8-13-40-12-4-5-14-44(40)48)49-19-9-17-47-50(49)45-15-6-7-16-46(45)51(47)41-27-20-34-30-35(32-41)33-42(51)31-34/h1-19,21-26,28-29,34-35,41-42H,20,27,30-33H2. The van der Waals surface area contributed by atoms with Crippen LogP contribution in [0.1, 0.15) is 49.7 Å². The monoisotopic (exact) mass is 669 g/mol. The van der Waals surface area contributed by atoms with Crippen molar-refractivity contribution in [1.29, 1.82) is 0 Å². The maximum atomic E-state index is 2.57. The van der Waals surface area contributed by atoms with Gasteiger partial charge in [0.1, 0.15) is 0 Å². The molecule has 4 saturated carbocycles. The molecule has 5 atom stereocenters. The fourth-order valence-corrected chi connectivity index (χ4v) is 11.6. The van der Waals surface area contributed by atoms with Crippen LogP contribution in [-0.4, -0.2) is 0 Å². The molecule has 5 unspecified atom stereocenters. The lowest BCUT2D eigenvalue weighted by atomic mass is 9.51. The van der Waals surface area contributed by atoms with E-state index in [2.05, 4.69) is 169 Å². The molecule has 0 aromatic heterocycles. The van der Waals surface area contributed by atoms with Gasteiger partial charge in [0.15, 0.2) is 0 Å². The number of hydrogen-bond acceptors (Lipinski definition) is 1. The Morgan fingerprint density at radius 1 is 0.423 bits per heavy atom. The van der Waals surface area contributed by atoms with Crippen LogP contribution in [0, 0.1) is 23.7 Å². The summed E-state index contributed by atoms with van der Waals surface area (Å²) in [5.74, 6) is 3.28. The van der Waals surface area contributed by atoms with Crippen molar-refractivity contribution in [1.82, 2.24) is 0 Å². The molecule has 5 aliphatic carbocycles. The van der Waals surface area contributed by atoms with Crippen molar-refractivity contribution in [2.45, 2.75) is 43.9 Å². The predicted octanol–water partition coefficient (Wildman–Crippen LogP) is 13.8. The molecule has 52 heavy (non-hydrogen) atoms. The molecule has 0 heterocycles. The second-order valence-electron chi connectivity index (χ2n) is 16.1. The summed E-state index contributed by atoms with van der Waals surface area (Å²) in [7, 11) is 0. The van der Waals surface area contributed by atoms with Gasteiger partial charge >= 0.3 is 0 Å². The molecule has 1 nitrogen and oxygen atoms in total. The van der Waals surface area contributed by atoms with Crippen LogP contribution >= 0.6 is 0 Å². The highest BCUT2D eigenvalue weighted by atomic mass is 15.1. The number of anilines is 3. The number of fused-ring (bicyclic) bond motifs is 5. The average Bonchev–Trinajstić information content (AvgIpc) is 3.35. The maximum Gasteiger partial charge on any atom is 0.0543 e. The number of rotatable bonds is 5. The zero-order valence-corrected chi connectivity index (χ0v) is 29.6. The van der Waals surface area contributed by atoms with Gasteiger partial charge in [0.2, 0.25) is 0 Å². The number of hydrogen-bond donors (Lipinski definition) is 0. The van der Waals surface area contributed by atoms with Crippen molar-refractivity contribution in [3.8, 4) is 33.4 Å². The summed E-state index contributed by atoms with van der Waals surface area (Å²) in [6.07, 6.45) is 8.44. The lowest BCUT2D eigenvalue weighted by Crippen LogP contribution is -2.48. The van der Waals surface area contributed by atoms with Crippen LogP contribution in [0.5, 0.6) is 0 Å². The minimum atomic E-state index is 0.119. The summed E-state index contributed by atoms with van der Waals surface area (Å²) in [6, 6.07) is 61.5. The van der Waals surface area contributed by atoms with E-state index in [1.54, 1.807) is 11.1 Å². The quantitative estimate of drug-likeness (QED) is 0.176. The fourth-order valence-electron chi connectivity index (χ4n) is 11.6. The van der Waals surface area contributed by atoms with Gasteiger partial charge in [-0.3, -0.25) is 0 Å². The first-order valence-electron chi connectivity index (χ1n) is 19.5. The second-order valence-corrected chi connectivity index (χ2v) is 16.1. The van der Waals surface area contributed by atoms with Crippen molar-refractivity contribution in [2.75, 3.05) is 4.90 Å². The van der Waals surface area contributed by atoms with E-state index in [4.69, 9.17) is 0 Å². The molecule has 1 heteroatoms.